The molecular weight excluding hydrogens is 379 g/mol. The molecule has 1 aliphatic heterocycles. The van der Waals surface area contributed by atoms with Crippen LogP contribution in [0.15, 0.2) is 60.7 Å². The number of amides is 1. The van der Waals surface area contributed by atoms with Gasteiger partial charge in [0.25, 0.3) is 0 Å². The van der Waals surface area contributed by atoms with Crippen molar-refractivity contribution >= 4 is 11.7 Å². The summed E-state index contributed by atoms with van der Waals surface area (Å²) in [6.45, 7) is 4.13. The van der Waals surface area contributed by atoms with E-state index in [0.717, 1.165) is 37.3 Å². The van der Waals surface area contributed by atoms with Crippen LogP contribution in [-0.2, 0) is 11.3 Å². The van der Waals surface area contributed by atoms with Crippen LogP contribution in [-0.4, -0.2) is 29.2 Å². The fourth-order valence-electron chi connectivity index (χ4n) is 3.82. The molecule has 1 saturated heterocycles. The van der Waals surface area contributed by atoms with Crippen molar-refractivity contribution in [3.8, 4) is 11.3 Å². The van der Waals surface area contributed by atoms with Crippen molar-refractivity contribution in [2.45, 2.75) is 26.3 Å². The second kappa shape index (κ2) is 9.03. The molecule has 1 aromatic heterocycles. The predicted molar refractivity (Wildman–Crippen MR) is 115 cm³/mol. The van der Waals surface area contributed by atoms with Crippen molar-refractivity contribution in [3.63, 3.8) is 0 Å². The average molecular weight is 404 g/mol. The molecule has 6 heteroatoms. The van der Waals surface area contributed by atoms with Crippen molar-refractivity contribution in [1.29, 1.82) is 0 Å². The highest BCUT2D eigenvalue weighted by molar-refractivity contribution is 5.79. The van der Waals surface area contributed by atoms with Crippen LogP contribution < -0.4 is 10.2 Å². The van der Waals surface area contributed by atoms with E-state index in [4.69, 9.17) is 0 Å². The normalized spacial score (nSPS) is 14.5. The van der Waals surface area contributed by atoms with E-state index in [2.05, 4.69) is 39.5 Å². The molecule has 0 spiro atoms. The average Bonchev–Trinajstić information content (AvgIpc) is 2.78. The third-order valence-electron chi connectivity index (χ3n) is 5.51. The third-order valence-corrected chi connectivity index (χ3v) is 5.51. The summed E-state index contributed by atoms with van der Waals surface area (Å²) in [4.78, 5) is 14.7. The van der Waals surface area contributed by atoms with E-state index < -0.39 is 0 Å². The van der Waals surface area contributed by atoms with Crippen molar-refractivity contribution in [2.24, 2.45) is 5.92 Å². The number of anilines is 1. The molecule has 0 radical (unpaired) electrons. The number of rotatable bonds is 5. The second-order valence-corrected chi connectivity index (χ2v) is 7.76. The minimum atomic E-state index is -0.291. The van der Waals surface area contributed by atoms with E-state index in [1.165, 1.54) is 17.7 Å². The summed E-state index contributed by atoms with van der Waals surface area (Å²) in [7, 11) is 0. The number of benzene rings is 2. The van der Waals surface area contributed by atoms with Gasteiger partial charge in [-0.3, -0.25) is 4.79 Å². The fourth-order valence-corrected chi connectivity index (χ4v) is 3.82. The van der Waals surface area contributed by atoms with E-state index in [1.54, 1.807) is 6.07 Å². The third kappa shape index (κ3) is 4.82. The molecule has 2 heterocycles. The van der Waals surface area contributed by atoms with Gasteiger partial charge >= 0.3 is 0 Å². The summed E-state index contributed by atoms with van der Waals surface area (Å²) in [5, 5.41) is 11.6. The Hall–Kier alpha value is -3.28. The van der Waals surface area contributed by atoms with Gasteiger partial charge in [0.1, 0.15) is 5.82 Å². The summed E-state index contributed by atoms with van der Waals surface area (Å²) in [5.41, 5.74) is 3.66. The monoisotopic (exact) mass is 404 g/mol. The summed E-state index contributed by atoms with van der Waals surface area (Å²) < 4.78 is 13.4. The molecule has 0 aliphatic carbocycles. The Balaban J connectivity index is 1.30. The fraction of sp³-hybridized carbons (Fsp3) is 0.292. The first kappa shape index (κ1) is 20.0. The zero-order valence-corrected chi connectivity index (χ0v) is 17.0. The zero-order valence-electron chi connectivity index (χ0n) is 17.0. The van der Waals surface area contributed by atoms with Crippen LogP contribution in [0.4, 0.5) is 10.2 Å². The summed E-state index contributed by atoms with van der Waals surface area (Å²) in [6.07, 6.45) is 1.57. The van der Waals surface area contributed by atoms with Gasteiger partial charge in [0.05, 0.1) is 5.69 Å². The number of nitrogens with zero attached hydrogens (tertiary/aromatic N) is 3. The van der Waals surface area contributed by atoms with Crippen LogP contribution in [0, 0.1) is 18.7 Å². The number of carbonyl (C=O) groups excluding carboxylic acids is 1. The quantitative estimate of drug-likeness (QED) is 0.695. The van der Waals surface area contributed by atoms with Crippen LogP contribution >= 0.6 is 0 Å². The van der Waals surface area contributed by atoms with Gasteiger partial charge in [-0.05, 0) is 49.6 Å². The predicted octanol–water partition coefficient (Wildman–Crippen LogP) is 4.12. The Morgan fingerprint density at radius 3 is 2.57 bits per heavy atom. The van der Waals surface area contributed by atoms with Gasteiger partial charge in [0.2, 0.25) is 5.91 Å². The van der Waals surface area contributed by atoms with Crippen LogP contribution in [0.2, 0.25) is 0 Å². The van der Waals surface area contributed by atoms with Crippen LogP contribution in [0.5, 0.6) is 0 Å². The van der Waals surface area contributed by atoms with Crippen molar-refractivity contribution in [2.75, 3.05) is 18.0 Å². The molecule has 3 aromatic rings. The van der Waals surface area contributed by atoms with Gasteiger partial charge in [-0.25, -0.2) is 4.39 Å². The molecular formula is C24H25FN4O. The highest BCUT2D eigenvalue weighted by Gasteiger charge is 2.25. The van der Waals surface area contributed by atoms with Gasteiger partial charge in [0.15, 0.2) is 5.82 Å². The topological polar surface area (TPSA) is 58.1 Å². The van der Waals surface area contributed by atoms with E-state index in [0.29, 0.717) is 17.8 Å². The smallest absolute Gasteiger partial charge is 0.223 e. The van der Waals surface area contributed by atoms with Gasteiger partial charge < -0.3 is 10.2 Å². The van der Waals surface area contributed by atoms with E-state index in [1.807, 2.05) is 30.3 Å². The molecule has 5 nitrogen and oxygen atoms in total. The number of nitrogens with one attached hydrogen (secondary N) is 1. The first-order valence-corrected chi connectivity index (χ1v) is 10.3. The Labute approximate surface area is 176 Å². The maximum Gasteiger partial charge on any atom is 0.223 e. The maximum atomic E-state index is 13.4. The largest absolute Gasteiger partial charge is 0.355 e. The van der Waals surface area contributed by atoms with Crippen LogP contribution in [0.1, 0.15) is 24.0 Å². The zero-order chi connectivity index (χ0) is 20.9. The van der Waals surface area contributed by atoms with Gasteiger partial charge in [-0.2, -0.15) is 0 Å². The lowest BCUT2D eigenvalue weighted by atomic mass is 9.95. The van der Waals surface area contributed by atoms with E-state index in [-0.39, 0.29) is 17.6 Å². The van der Waals surface area contributed by atoms with Crippen molar-refractivity contribution < 1.29 is 9.18 Å². The summed E-state index contributed by atoms with van der Waals surface area (Å²) >= 11 is 0. The van der Waals surface area contributed by atoms with Crippen LogP contribution in [0.3, 0.4) is 0 Å². The minimum absolute atomic E-state index is 0.0191. The molecule has 2 aromatic carbocycles. The number of aryl methyl sites for hydroxylation is 1. The Morgan fingerprint density at radius 2 is 1.87 bits per heavy atom. The molecule has 154 valence electrons. The number of aromatic nitrogens is 2. The highest BCUT2D eigenvalue weighted by Crippen LogP contribution is 2.24. The number of hydrogen-bond acceptors (Lipinski definition) is 4. The maximum absolute atomic E-state index is 13.4. The minimum Gasteiger partial charge on any atom is -0.355 e. The number of hydrogen-bond donors (Lipinski definition) is 1. The summed E-state index contributed by atoms with van der Waals surface area (Å²) in [6, 6.07) is 18.3. The first-order chi connectivity index (χ1) is 14.6. The number of piperidine rings is 1. The molecule has 1 fully saturated rings. The molecule has 0 saturated carbocycles. The molecule has 1 amide bonds. The van der Waals surface area contributed by atoms with Crippen LogP contribution in [0.25, 0.3) is 11.3 Å². The highest BCUT2D eigenvalue weighted by atomic mass is 19.1. The molecule has 0 unspecified atom stereocenters. The van der Waals surface area contributed by atoms with E-state index >= 15 is 0 Å². The molecule has 1 N–H and O–H groups in total. The number of halogens is 1. The lowest BCUT2D eigenvalue weighted by Gasteiger charge is -2.31. The first-order valence-electron chi connectivity index (χ1n) is 10.3. The van der Waals surface area contributed by atoms with E-state index in [9.17, 15) is 9.18 Å². The Kier molecular flexibility index (Phi) is 6.02. The molecule has 4 rings (SSSR count). The SMILES string of the molecule is Cc1cccc(CNC(=O)C2CCN(c3ccc(-c4cccc(F)c4)nn3)CC2)c1. The lowest BCUT2D eigenvalue weighted by molar-refractivity contribution is -0.125. The molecule has 0 bridgehead atoms. The standard InChI is InChI=1S/C24H25FN4O/c1-17-4-2-5-18(14-17)16-26-24(30)19-10-12-29(13-11-19)23-9-8-22(27-28-23)20-6-3-7-21(25)15-20/h2-9,14-15,19H,10-13,16H2,1H3,(H,26,30). The Morgan fingerprint density at radius 1 is 1.07 bits per heavy atom. The van der Waals surface area contributed by atoms with Gasteiger partial charge in [-0.1, -0.05) is 42.0 Å². The van der Waals surface area contributed by atoms with Gasteiger partial charge in [-0.15, -0.1) is 10.2 Å². The second-order valence-electron chi connectivity index (χ2n) is 7.76. The van der Waals surface area contributed by atoms with Crippen molar-refractivity contribution in [1.82, 2.24) is 15.5 Å². The molecule has 30 heavy (non-hydrogen) atoms. The van der Waals surface area contributed by atoms with Crippen molar-refractivity contribution in [3.05, 3.63) is 77.6 Å². The Bertz CT molecular complexity index is 1010. The summed E-state index contributed by atoms with van der Waals surface area (Å²) in [5.74, 6) is 0.629. The number of carbonyl (C=O) groups is 1. The van der Waals surface area contributed by atoms with Gasteiger partial charge in [0, 0.05) is 31.1 Å². The molecule has 0 atom stereocenters. The lowest BCUT2D eigenvalue weighted by Crippen LogP contribution is -2.40. The molecule has 1 aliphatic rings.